The summed E-state index contributed by atoms with van der Waals surface area (Å²) in [5.41, 5.74) is 1.44. The van der Waals surface area contributed by atoms with E-state index in [1.165, 1.54) is 26.2 Å². The highest BCUT2D eigenvalue weighted by molar-refractivity contribution is 6.03. The van der Waals surface area contributed by atoms with Gasteiger partial charge in [0.25, 0.3) is 0 Å². The number of morpholine rings is 1. The summed E-state index contributed by atoms with van der Waals surface area (Å²) in [7, 11) is 5.59. The lowest BCUT2D eigenvalue weighted by Gasteiger charge is -2.34. The smallest absolute Gasteiger partial charge is 0.355 e. The van der Waals surface area contributed by atoms with Gasteiger partial charge in [-0.15, -0.1) is 0 Å². The van der Waals surface area contributed by atoms with Crippen LogP contribution in [0.1, 0.15) is 0 Å². The van der Waals surface area contributed by atoms with Gasteiger partial charge in [-0.2, -0.15) is 0 Å². The first-order chi connectivity index (χ1) is 14.5. The van der Waals surface area contributed by atoms with Crippen LogP contribution in [-0.4, -0.2) is 80.0 Å². The van der Waals surface area contributed by atoms with Crippen LogP contribution in [0.5, 0.6) is 11.5 Å². The maximum absolute atomic E-state index is 12.6. The fraction of sp³-hybridized carbons (Fsp3) is 0.500. The van der Waals surface area contributed by atoms with Crippen LogP contribution in [0.4, 0.5) is 11.4 Å². The minimum Gasteiger partial charge on any atom is -0.494 e. The van der Waals surface area contributed by atoms with Crippen molar-refractivity contribution in [3.8, 4) is 11.5 Å². The van der Waals surface area contributed by atoms with Crippen LogP contribution in [-0.2, 0) is 28.5 Å². The Balaban J connectivity index is 2.12. The van der Waals surface area contributed by atoms with E-state index < -0.39 is 11.9 Å². The molecule has 0 aromatic heterocycles. The maximum atomic E-state index is 12.6. The van der Waals surface area contributed by atoms with Gasteiger partial charge in [-0.05, 0) is 0 Å². The number of ether oxygens (including phenoxy) is 6. The molecule has 1 saturated heterocycles. The molecule has 0 radical (unpaired) electrons. The van der Waals surface area contributed by atoms with Crippen LogP contribution in [0.2, 0.25) is 0 Å². The summed E-state index contributed by atoms with van der Waals surface area (Å²) >= 11 is 0. The Hall–Kier alpha value is -2.98. The van der Waals surface area contributed by atoms with Crippen LogP contribution >= 0.6 is 0 Å². The summed E-state index contributed by atoms with van der Waals surface area (Å²) in [6.07, 6.45) is 0. The average molecular weight is 422 g/mol. The number of anilines is 2. The van der Waals surface area contributed by atoms with Gasteiger partial charge < -0.3 is 38.2 Å². The molecule has 1 aromatic rings. The topological polar surface area (TPSA) is 96.0 Å². The molecule has 0 bridgehead atoms. The first-order valence-corrected chi connectivity index (χ1v) is 9.39. The Labute approximate surface area is 174 Å². The fourth-order valence-corrected chi connectivity index (χ4v) is 3.46. The normalized spacial score (nSPS) is 16.9. The number of hydrogen-bond acceptors (Lipinski definition) is 10. The molecule has 0 aliphatic carbocycles. The van der Waals surface area contributed by atoms with Crippen LogP contribution in [0.3, 0.4) is 0 Å². The van der Waals surface area contributed by atoms with Crippen molar-refractivity contribution in [1.29, 1.82) is 0 Å². The van der Waals surface area contributed by atoms with Crippen LogP contribution in [0.15, 0.2) is 23.4 Å². The molecule has 2 heterocycles. The van der Waals surface area contributed by atoms with Crippen LogP contribution < -0.4 is 19.3 Å². The second kappa shape index (κ2) is 9.68. The Morgan fingerprint density at radius 3 is 2.07 bits per heavy atom. The van der Waals surface area contributed by atoms with Crippen molar-refractivity contribution in [1.82, 2.24) is 0 Å². The number of nitrogens with zero attached hydrogens (tertiary/aromatic N) is 2. The standard InChI is InChI=1S/C20H26N2O8/c1-25-16-10-15(17(26-2)9-14(16)21-5-7-29-8-6-21)22-12-30-11-13(19(23)27-3)18(22)20(24)28-4/h9-10H,5-8,11-12H2,1-4H3. The molecule has 10 nitrogen and oxygen atoms in total. The number of benzene rings is 1. The van der Waals surface area contributed by atoms with Gasteiger partial charge in [0, 0.05) is 25.2 Å². The summed E-state index contributed by atoms with van der Waals surface area (Å²) in [6, 6.07) is 3.58. The summed E-state index contributed by atoms with van der Waals surface area (Å²) in [4.78, 5) is 28.5. The van der Waals surface area contributed by atoms with Crippen molar-refractivity contribution < 1.29 is 38.0 Å². The summed E-state index contributed by atoms with van der Waals surface area (Å²) < 4.78 is 31.9. The van der Waals surface area contributed by atoms with Gasteiger partial charge in [0.2, 0.25) is 0 Å². The molecular formula is C20H26N2O8. The second-order valence-electron chi connectivity index (χ2n) is 6.51. The van der Waals surface area contributed by atoms with E-state index in [4.69, 9.17) is 28.4 Å². The third-order valence-corrected chi connectivity index (χ3v) is 4.96. The van der Waals surface area contributed by atoms with Crippen molar-refractivity contribution in [2.75, 3.05) is 77.9 Å². The summed E-state index contributed by atoms with van der Waals surface area (Å²) in [5, 5.41) is 0. The van der Waals surface area contributed by atoms with Gasteiger partial charge in [-0.25, -0.2) is 9.59 Å². The molecule has 30 heavy (non-hydrogen) atoms. The first kappa shape index (κ1) is 21.7. The van der Waals surface area contributed by atoms with E-state index in [0.717, 1.165) is 5.69 Å². The molecule has 2 aliphatic rings. The quantitative estimate of drug-likeness (QED) is 0.616. The van der Waals surface area contributed by atoms with E-state index in [9.17, 15) is 9.59 Å². The zero-order valence-corrected chi connectivity index (χ0v) is 17.6. The minimum atomic E-state index is -0.683. The highest BCUT2D eigenvalue weighted by Crippen LogP contribution is 2.42. The molecule has 1 aromatic carbocycles. The van der Waals surface area contributed by atoms with E-state index >= 15 is 0 Å². The van der Waals surface area contributed by atoms with Gasteiger partial charge in [0.15, 0.2) is 0 Å². The lowest BCUT2D eigenvalue weighted by Crippen LogP contribution is -2.39. The zero-order valence-electron chi connectivity index (χ0n) is 17.6. The molecule has 0 amide bonds. The third kappa shape index (κ3) is 4.14. The van der Waals surface area contributed by atoms with Gasteiger partial charge in [0.1, 0.15) is 23.9 Å². The predicted molar refractivity (Wildman–Crippen MR) is 107 cm³/mol. The van der Waals surface area contributed by atoms with Gasteiger partial charge in [-0.3, -0.25) is 0 Å². The summed E-state index contributed by atoms with van der Waals surface area (Å²) in [6.45, 7) is 2.60. The molecule has 164 valence electrons. The van der Waals surface area contributed by atoms with Gasteiger partial charge >= 0.3 is 11.9 Å². The molecule has 3 rings (SSSR count). The zero-order chi connectivity index (χ0) is 21.7. The largest absolute Gasteiger partial charge is 0.494 e. The molecule has 10 heteroatoms. The number of methoxy groups -OCH3 is 4. The third-order valence-electron chi connectivity index (χ3n) is 4.96. The number of esters is 2. The highest BCUT2D eigenvalue weighted by atomic mass is 16.5. The van der Waals surface area contributed by atoms with Crippen molar-refractivity contribution >= 4 is 23.3 Å². The predicted octanol–water partition coefficient (Wildman–Crippen LogP) is 0.935. The monoisotopic (exact) mass is 422 g/mol. The second-order valence-corrected chi connectivity index (χ2v) is 6.51. The minimum absolute atomic E-state index is 0.0152. The number of hydrogen-bond donors (Lipinski definition) is 0. The van der Waals surface area contributed by atoms with E-state index in [1.54, 1.807) is 13.2 Å². The Morgan fingerprint density at radius 2 is 1.47 bits per heavy atom. The van der Waals surface area contributed by atoms with E-state index in [0.29, 0.717) is 43.5 Å². The lowest BCUT2D eigenvalue weighted by molar-refractivity contribution is -0.140. The van der Waals surface area contributed by atoms with Crippen LogP contribution in [0.25, 0.3) is 0 Å². The molecule has 0 saturated carbocycles. The lowest BCUT2D eigenvalue weighted by atomic mass is 10.1. The molecule has 0 unspecified atom stereocenters. The van der Waals surface area contributed by atoms with Gasteiger partial charge in [0.05, 0.1) is 65.2 Å². The first-order valence-electron chi connectivity index (χ1n) is 9.39. The highest BCUT2D eigenvalue weighted by Gasteiger charge is 2.34. The SMILES string of the molecule is COC(=O)C1=C(C(=O)OC)N(c2cc(OC)c(N3CCOCC3)cc2OC)COC1. The Morgan fingerprint density at radius 1 is 0.867 bits per heavy atom. The molecule has 2 aliphatic heterocycles. The van der Waals surface area contributed by atoms with E-state index in [2.05, 4.69) is 4.90 Å². The average Bonchev–Trinajstić information content (AvgIpc) is 2.82. The molecule has 0 atom stereocenters. The molecule has 0 spiro atoms. The van der Waals surface area contributed by atoms with Crippen LogP contribution in [0, 0.1) is 0 Å². The van der Waals surface area contributed by atoms with E-state index in [-0.39, 0.29) is 24.6 Å². The fourth-order valence-electron chi connectivity index (χ4n) is 3.46. The maximum Gasteiger partial charge on any atom is 0.355 e. The van der Waals surface area contributed by atoms with Crippen molar-refractivity contribution in [3.63, 3.8) is 0 Å². The van der Waals surface area contributed by atoms with Gasteiger partial charge in [-0.1, -0.05) is 0 Å². The number of carbonyl (C=O) groups excluding carboxylic acids is 2. The van der Waals surface area contributed by atoms with Crippen molar-refractivity contribution in [3.05, 3.63) is 23.4 Å². The number of rotatable bonds is 6. The van der Waals surface area contributed by atoms with Crippen molar-refractivity contribution in [2.24, 2.45) is 0 Å². The van der Waals surface area contributed by atoms with E-state index in [1.807, 2.05) is 6.07 Å². The molecular weight excluding hydrogens is 396 g/mol. The summed E-state index contributed by atoms with van der Waals surface area (Å²) in [5.74, 6) is -0.288. The molecule has 0 N–H and O–H groups in total. The Bertz CT molecular complexity index is 832. The molecule has 1 fully saturated rings. The Kier molecular flexibility index (Phi) is 7.01. The number of carbonyl (C=O) groups is 2. The van der Waals surface area contributed by atoms with Crippen molar-refractivity contribution in [2.45, 2.75) is 0 Å².